The maximum atomic E-state index is 13.3. The number of H-pyrrole nitrogens is 1. The minimum atomic E-state index is -0.274. The summed E-state index contributed by atoms with van der Waals surface area (Å²) in [6, 6.07) is 14.2. The number of aromatic amines is 1. The van der Waals surface area contributed by atoms with Crippen LogP contribution < -0.4 is 11.1 Å². The summed E-state index contributed by atoms with van der Waals surface area (Å²) in [7, 11) is 0. The Kier molecular flexibility index (Phi) is 10.2. The lowest BCUT2D eigenvalue weighted by Crippen LogP contribution is -2.27. The van der Waals surface area contributed by atoms with Crippen molar-refractivity contribution in [2.45, 2.75) is 71.3 Å². The molecule has 0 aliphatic heterocycles. The largest absolute Gasteiger partial charge is 0.369 e. The van der Waals surface area contributed by atoms with Crippen LogP contribution >= 0.6 is 0 Å². The highest BCUT2D eigenvalue weighted by Crippen LogP contribution is 2.24. The molecular formula is C30H38FN7O. The van der Waals surface area contributed by atoms with E-state index in [0.717, 1.165) is 61.2 Å². The van der Waals surface area contributed by atoms with E-state index >= 15 is 0 Å². The van der Waals surface area contributed by atoms with Gasteiger partial charge in [0.15, 0.2) is 5.95 Å². The molecule has 4 rings (SSSR count). The normalized spacial score (nSPS) is 11.1. The SMILES string of the molecule is CCCCCc1ccc(C(=O)NCCn2cc(CCCCCc3[nH]c(N)nc3-c3ccc(F)cc3)nn2)cc1. The second kappa shape index (κ2) is 14.2. The number of rotatable bonds is 15. The zero-order chi connectivity index (χ0) is 27.5. The highest BCUT2D eigenvalue weighted by molar-refractivity contribution is 5.94. The van der Waals surface area contributed by atoms with Gasteiger partial charge >= 0.3 is 0 Å². The van der Waals surface area contributed by atoms with E-state index in [0.29, 0.717) is 24.6 Å². The standard InChI is InChI=1S/C30H38FN7O/c1-2-3-5-8-22-11-13-24(14-12-22)29(39)33-19-20-38-21-26(36-37-38)9-6-4-7-10-27-28(35-30(32)34-27)23-15-17-25(31)18-16-23/h11-18,21H,2-10,19-20H2,1H3,(H,33,39)(H3,32,34,35). The lowest BCUT2D eigenvalue weighted by atomic mass is 10.0. The lowest BCUT2D eigenvalue weighted by molar-refractivity contribution is 0.0952. The van der Waals surface area contributed by atoms with Crippen molar-refractivity contribution in [2.24, 2.45) is 0 Å². The van der Waals surface area contributed by atoms with Gasteiger partial charge in [0.2, 0.25) is 0 Å². The molecule has 2 aromatic heterocycles. The number of amides is 1. The molecule has 0 fully saturated rings. The van der Waals surface area contributed by atoms with E-state index in [4.69, 9.17) is 5.73 Å². The van der Waals surface area contributed by atoms with Gasteiger partial charge in [0.1, 0.15) is 5.82 Å². The number of unbranched alkanes of at least 4 members (excludes halogenated alkanes) is 4. The number of anilines is 1. The molecular weight excluding hydrogens is 493 g/mol. The predicted molar refractivity (Wildman–Crippen MR) is 152 cm³/mol. The Labute approximate surface area is 229 Å². The molecule has 2 heterocycles. The highest BCUT2D eigenvalue weighted by atomic mass is 19.1. The minimum absolute atomic E-state index is 0.0722. The van der Waals surface area contributed by atoms with Crippen molar-refractivity contribution in [2.75, 3.05) is 12.3 Å². The van der Waals surface area contributed by atoms with Gasteiger partial charge in [0.25, 0.3) is 5.91 Å². The van der Waals surface area contributed by atoms with E-state index < -0.39 is 0 Å². The number of hydrogen-bond donors (Lipinski definition) is 3. The van der Waals surface area contributed by atoms with E-state index in [1.54, 1.807) is 16.8 Å². The zero-order valence-electron chi connectivity index (χ0n) is 22.6. The topological polar surface area (TPSA) is 115 Å². The van der Waals surface area contributed by atoms with E-state index in [1.807, 2.05) is 30.5 Å². The first-order chi connectivity index (χ1) is 19.0. The summed E-state index contributed by atoms with van der Waals surface area (Å²) < 4.78 is 15.0. The van der Waals surface area contributed by atoms with Crippen LogP contribution in [0, 0.1) is 5.82 Å². The first-order valence-electron chi connectivity index (χ1n) is 13.9. The summed E-state index contributed by atoms with van der Waals surface area (Å²) in [5, 5.41) is 11.4. The number of nitrogens with one attached hydrogen (secondary N) is 2. The maximum absolute atomic E-state index is 13.3. The second-order valence-electron chi connectivity index (χ2n) is 9.90. The smallest absolute Gasteiger partial charge is 0.251 e. The quantitative estimate of drug-likeness (QED) is 0.175. The minimum Gasteiger partial charge on any atom is -0.369 e. The predicted octanol–water partition coefficient (Wildman–Crippen LogP) is 5.51. The van der Waals surface area contributed by atoms with Crippen molar-refractivity contribution < 1.29 is 9.18 Å². The molecule has 0 aliphatic rings. The Bertz CT molecular complexity index is 1310. The molecule has 0 unspecified atom stereocenters. The molecule has 0 aliphatic carbocycles. The number of nitrogen functional groups attached to an aromatic ring is 1. The van der Waals surface area contributed by atoms with Gasteiger partial charge in [0.05, 0.1) is 17.9 Å². The Morgan fingerprint density at radius 3 is 2.49 bits per heavy atom. The third-order valence-corrected chi connectivity index (χ3v) is 6.77. The van der Waals surface area contributed by atoms with Gasteiger partial charge in [-0.3, -0.25) is 9.48 Å². The first-order valence-corrected chi connectivity index (χ1v) is 13.9. The third kappa shape index (κ3) is 8.49. The number of imidazole rings is 1. The van der Waals surface area contributed by atoms with Gasteiger partial charge in [-0.05, 0) is 80.5 Å². The second-order valence-corrected chi connectivity index (χ2v) is 9.90. The molecule has 4 aromatic rings. The fraction of sp³-hybridized carbons (Fsp3) is 0.400. The molecule has 8 nitrogen and oxygen atoms in total. The molecule has 9 heteroatoms. The molecule has 1 amide bonds. The summed E-state index contributed by atoms with van der Waals surface area (Å²) in [6.45, 7) is 3.26. The van der Waals surface area contributed by atoms with Crippen LogP contribution in [0.4, 0.5) is 10.3 Å². The van der Waals surface area contributed by atoms with Crippen LogP contribution in [0.1, 0.15) is 72.8 Å². The van der Waals surface area contributed by atoms with E-state index in [1.165, 1.54) is 37.0 Å². The maximum Gasteiger partial charge on any atom is 0.251 e. The average molecular weight is 532 g/mol. The van der Waals surface area contributed by atoms with Crippen LogP contribution in [-0.4, -0.2) is 37.4 Å². The molecule has 0 atom stereocenters. The number of nitrogens with two attached hydrogens (primary N) is 1. The highest BCUT2D eigenvalue weighted by Gasteiger charge is 2.11. The van der Waals surface area contributed by atoms with Crippen LogP contribution in [0.25, 0.3) is 11.3 Å². The van der Waals surface area contributed by atoms with Gasteiger partial charge in [0, 0.05) is 29.6 Å². The van der Waals surface area contributed by atoms with Crippen molar-refractivity contribution in [1.29, 1.82) is 0 Å². The molecule has 0 saturated heterocycles. The van der Waals surface area contributed by atoms with Crippen LogP contribution in [0.5, 0.6) is 0 Å². The molecule has 0 radical (unpaired) electrons. The number of benzene rings is 2. The van der Waals surface area contributed by atoms with E-state index in [-0.39, 0.29) is 11.7 Å². The van der Waals surface area contributed by atoms with Crippen LogP contribution in [0.15, 0.2) is 54.7 Å². The number of halogens is 1. The van der Waals surface area contributed by atoms with Gasteiger partial charge in [-0.25, -0.2) is 9.37 Å². The summed E-state index contributed by atoms with van der Waals surface area (Å²) >= 11 is 0. The number of hydrogen-bond acceptors (Lipinski definition) is 5. The van der Waals surface area contributed by atoms with Crippen molar-refractivity contribution >= 4 is 11.9 Å². The molecule has 39 heavy (non-hydrogen) atoms. The van der Waals surface area contributed by atoms with Crippen LogP contribution in [-0.2, 0) is 25.8 Å². The van der Waals surface area contributed by atoms with Gasteiger partial charge < -0.3 is 16.0 Å². The summed E-state index contributed by atoms with van der Waals surface area (Å²) in [6.07, 6.45) is 11.2. The Morgan fingerprint density at radius 1 is 0.974 bits per heavy atom. The molecule has 0 saturated carbocycles. The van der Waals surface area contributed by atoms with Gasteiger partial charge in [-0.2, -0.15) is 0 Å². The molecule has 4 N–H and O–H groups in total. The van der Waals surface area contributed by atoms with E-state index in [9.17, 15) is 9.18 Å². The van der Waals surface area contributed by atoms with Gasteiger partial charge in [-0.15, -0.1) is 5.10 Å². The number of aromatic nitrogens is 5. The Morgan fingerprint density at radius 2 is 1.72 bits per heavy atom. The molecule has 0 bridgehead atoms. The van der Waals surface area contributed by atoms with Crippen molar-refractivity contribution in [3.8, 4) is 11.3 Å². The first kappa shape index (κ1) is 28.0. The third-order valence-electron chi connectivity index (χ3n) is 6.77. The summed E-state index contributed by atoms with van der Waals surface area (Å²) in [4.78, 5) is 20.0. The van der Waals surface area contributed by atoms with Crippen molar-refractivity contribution in [1.82, 2.24) is 30.3 Å². The average Bonchev–Trinajstić information content (AvgIpc) is 3.55. The molecule has 0 spiro atoms. The number of nitrogens with zero attached hydrogens (tertiary/aromatic N) is 4. The monoisotopic (exact) mass is 531 g/mol. The van der Waals surface area contributed by atoms with Crippen LogP contribution in [0.2, 0.25) is 0 Å². The number of carbonyl (C=O) groups is 1. The Balaban J connectivity index is 1.14. The van der Waals surface area contributed by atoms with Gasteiger partial charge in [-0.1, -0.05) is 43.5 Å². The summed E-state index contributed by atoms with van der Waals surface area (Å²) in [5.74, 6) is 0.0222. The molecule has 2 aromatic carbocycles. The lowest BCUT2D eigenvalue weighted by Gasteiger charge is -2.06. The van der Waals surface area contributed by atoms with Crippen molar-refractivity contribution in [3.63, 3.8) is 0 Å². The Hall–Kier alpha value is -4.01. The number of aryl methyl sites for hydroxylation is 3. The fourth-order valence-electron chi connectivity index (χ4n) is 4.59. The van der Waals surface area contributed by atoms with Crippen LogP contribution in [0.3, 0.4) is 0 Å². The summed E-state index contributed by atoms with van der Waals surface area (Å²) in [5.41, 5.74) is 11.4. The number of carbonyl (C=O) groups excluding carboxylic acids is 1. The zero-order valence-corrected chi connectivity index (χ0v) is 22.6. The molecule has 206 valence electrons. The van der Waals surface area contributed by atoms with Crippen molar-refractivity contribution in [3.05, 3.63) is 83.1 Å². The fourth-order valence-corrected chi connectivity index (χ4v) is 4.59. The van der Waals surface area contributed by atoms with E-state index in [2.05, 4.69) is 32.5 Å².